The van der Waals surface area contributed by atoms with E-state index in [1.807, 2.05) is 4.57 Å². The number of aryl methyl sites for hydroxylation is 1. The molecule has 1 saturated heterocycles. The summed E-state index contributed by atoms with van der Waals surface area (Å²) in [4.78, 5) is 0.337. The predicted octanol–water partition coefficient (Wildman–Crippen LogP) is 2.05. The Labute approximate surface area is 125 Å². The van der Waals surface area contributed by atoms with Crippen LogP contribution in [0.25, 0.3) is 0 Å². The Morgan fingerprint density at radius 2 is 2.15 bits per heavy atom. The quantitative estimate of drug-likeness (QED) is 0.780. The van der Waals surface area contributed by atoms with Crippen molar-refractivity contribution < 1.29 is 13.2 Å². The minimum absolute atomic E-state index is 0.318. The second-order valence-electron chi connectivity index (χ2n) is 4.86. The molecule has 0 spiro atoms. The zero-order valence-corrected chi connectivity index (χ0v) is 13.3. The van der Waals surface area contributed by atoms with E-state index in [0.29, 0.717) is 37.1 Å². The Kier molecular flexibility index (Phi) is 5.49. The predicted molar refractivity (Wildman–Crippen MR) is 78.5 cm³/mol. The van der Waals surface area contributed by atoms with Crippen LogP contribution in [0, 0.1) is 0 Å². The van der Waals surface area contributed by atoms with Crippen molar-refractivity contribution in [2.24, 2.45) is 0 Å². The Hall–Kier alpha value is -0.560. The van der Waals surface area contributed by atoms with Crippen molar-refractivity contribution in [1.82, 2.24) is 8.87 Å². The van der Waals surface area contributed by atoms with E-state index < -0.39 is 10.0 Å². The van der Waals surface area contributed by atoms with Gasteiger partial charge in [-0.2, -0.15) is 4.31 Å². The molecule has 1 fully saturated rings. The molecule has 5 nitrogen and oxygen atoms in total. The Balaban J connectivity index is 2.28. The lowest BCUT2D eigenvalue weighted by Gasteiger charge is -2.18. The van der Waals surface area contributed by atoms with Gasteiger partial charge >= 0.3 is 0 Å². The van der Waals surface area contributed by atoms with Crippen LogP contribution in [0.5, 0.6) is 0 Å². The van der Waals surface area contributed by atoms with Crippen LogP contribution in [0.15, 0.2) is 17.2 Å². The summed E-state index contributed by atoms with van der Waals surface area (Å²) in [6, 6.07) is 1.68. The van der Waals surface area contributed by atoms with E-state index in [9.17, 15) is 8.42 Å². The molecule has 7 heteroatoms. The maximum atomic E-state index is 12.6. The van der Waals surface area contributed by atoms with Gasteiger partial charge in [0.25, 0.3) is 0 Å². The van der Waals surface area contributed by atoms with Crippen molar-refractivity contribution in [3.8, 4) is 0 Å². The number of sulfonamides is 1. The maximum absolute atomic E-state index is 12.6. The first-order valence-corrected chi connectivity index (χ1v) is 8.90. The molecule has 2 heterocycles. The number of aromatic nitrogens is 1. The van der Waals surface area contributed by atoms with Gasteiger partial charge < -0.3 is 9.30 Å². The lowest BCUT2D eigenvalue weighted by atomic mass is 10.4. The van der Waals surface area contributed by atoms with Crippen LogP contribution in [-0.4, -0.2) is 43.6 Å². The lowest BCUT2D eigenvalue weighted by molar-refractivity contribution is 0.148. The Morgan fingerprint density at radius 3 is 2.85 bits per heavy atom. The zero-order chi connectivity index (χ0) is 14.6. The molecule has 20 heavy (non-hydrogen) atoms. The summed E-state index contributed by atoms with van der Waals surface area (Å²) in [6.45, 7) is 4.83. The van der Waals surface area contributed by atoms with Gasteiger partial charge in [-0.25, -0.2) is 8.42 Å². The van der Waals surface area contributed by atoms with Gasteiger partial charge in [-0.3, -0.25) is 0 Å². The highest BCUT2D eigenvalue weighted by molar-refractivity contribution is 7.89. The third kappa shape index (κ3) is 3.36. The number of hydrogen-bond acceptors (Lipinski definition) is 3. The first-order valence-electron chi connectivity index (χ1n) is 6.92. The molecule has 1 aliphatic rings. The monoisotopic (exact) mass is 320 g/mol. The highest BCUT2D eigenvalue weighted by Crippen LogP contribution is 2.21. The fraction of sp³-hybridized carbons (Fsp3) is 0.692. The molecule has 1 aromatic rings. The minimum atomic E-state index is -3.44. The summed E-state index contributed by atoms with van der Waals surface area (Å²) < 4.78 is 34.0. The molecule has 1 aromatic heterocycles. The average molecular weight is 321 g/mol. The van der Waals surface area contributed by atoms with Gasteiger partial charge in [-0.15, -0.1) is 11.6 Å². The molecule has 1 aliphatic heterocycles. The number of ether oxygens (including phenoxy) is 1. The molecule has 0 amide bonds. The van der Waals surface area contributed by atoms with E-state index in [4.69, 9.17) is 16.3 Å². The van der Waals surface area contributed by atoms with Crippen molar-refractivity contribution in [2.75, 3.05) is 26.3 Å². The van der Waals surface area contributed by atoms with Gasteiger partial charge in [0.2, 0.25) is 10.0 Å². The fourth-order valence-electron chi connectivity index (χ4n) is 2.34. The van der Waals surface area contributed by atoms with Crippen LogP contribution >= 0.6 is 11.6 Å². The normalized spacial score (nSPS) is 18.1. The van der Waals surface area contributed by atoms with Crippen molar-refractivity contribution >= 4 is 21.6 Å². The number of rotatable bonds is 5. The van der Waals surface area contributed by atoms with Gasteiger partial charge in [-0.1, -0.05) is 6.92 Å². The summed E-state index contributed by atoms with van der Waals surface area (Å²) in [5.41, 5.74) is 0.846. The molecule has 0 N–H and O–H groups in total. The van der Waals surface area contributed by atoms with Crippen LogP contribution in [0.2, 0.25) is 0 Å². The van der Waals surface area contributed by atoms with Crippen molar-refractivity contribution in [3.63, 3.8) is 0 Å². The van der Waals surface area contributed by atoms with Crippen molar-refractivity contribution in [3.05, 3.63) is 18.0 Å². The molecule has 2 rings (SSSR count). The molecular formula is C13H21ClN2O3S. The molecule has 0 aliphatic carbocycles. The minimum Gasteiger partial charge on any atom is -0.380 e. The highest BCUT2D eigenvalue weighted by atomic mass is 35.5. The molecule has 0 unspecified atom stereocenters. The zero-order valence-electron chi connectivity index (χ0n) is 11.7. The van der Waals surface area contributed by atoms with Crippen LogP contribution in [0.1, 0.15) is 25.5 Å². The topological polar surface area (TPSA) is 51.5 Å². The SMILES string of the molecule is CCCn1cc(S(=O)(=O)N2CCCOCC2)cc1CCl. The van der Waals surface area contributed by atoms with E-state index in [0.717, 1.165) is 25.1 Å². The molecule has 114 valence electrons. The number of alkyl halides is 1. The lowest BCUT2D eigenvalue weighted by Crippen LogP contribution is -2.33. The standard InChI is InChI=1S/C13H21ClN2O3S/c1-2-4-15-11-13(9-12(15)10-14)20(17,18)16-5-3-7-19-8-6-16/h9,11H,2-8,10H2,1H3. The average Bonchev–Trinajstić information content (AvgIpc) is 2.66. The van der Waals surface area contributed by atoms with E-state index in [1.165, 1.54) is 4.31 Å². The summed E-state index contributed by atoms with van der Waals surface area (Å²) >= 11 is 5.89. The summed E-state index contributed by atoms with van der Waals surface area (Å²) in [7, 11) is -3.44. The third-order valence-corrected chi connectivity index (χ3v) is 5.52. The van der Waals surface area contributed by atoms with Crippen LogP contribution in [0.4, 0.5) is 0 Å². The van der Waals surface area contributed by atoms with E-state index in [1.54, 1.807) is 12.3 Å². The second kappa shape index (κ2) is 6.93. The highest BCUT2D eigenvalue weighted by Gasteiger charge is 2.27. The van der Waals surface area contributed by atoms with Gasteiger partial charge in [0.05, 0.1) is 12.5 Å². The van der Waals surface area contributed by atoms with Crippen molar-refractivity contribution in [1.29, 1.82) is 0 Å². The third-order valence-electron chi connectivity index (χ3n) is 3.38. The number of nitrogens with zero attached hydrogens (tertiary/aromatic N) is 2. The number of hydrogen-bond donors (Lipinski definition) is 0. The molecule has 0 aromatic carbocycles. The van der Waals surface area contributed by atoms with Crippen LogP contribution in [0.3, 0.4) is 0 Å². The van der Waals surface area contributed by atoms with Gasteiger partial charge in [0.1, 0.15) is 4.90 Å². The second-order valence-corrected chi connectivity index (χ2v) is 7.07. The van der Waals surface area contributed by atoms with Crippen LogP contribution < -0.4 is 0 Å². The fourth-order valence-corrected chi connectivity index (χ4v) is 4.10. The number of halogens is 1. The van der Waals surface area contributed by atoms with Crippen molar-refractivity contribution in [2.45, 2.75) is 37.1 Å². The van der Waals surface area contributed by atoms with E-state index in [-0.39, 0.29) is 0 Å². The molecule has 0 radical (unpaired) electrons. The summed E-state index contributed by atoms with van der Waals surface area (Å²) in [6.07, 6.45) is 3.37. The Morgan fingerprint density at radius 1 is 1.35 bits per heavy atom. The van der Waals surface area contributed by atoms with Crippen LogP contribution in [-0.2, 0) is 27.2 Å². The largest absolute Gasteiger partial charge is 0.380 e. The smallest absolute Gasteiger partial charge is 0.244 e. The van der Waals surface area contributed by atoms with E-state index >= 15 is 0 Å². The molecule has 0 saturated carbocycles. The first kappa shape index (κ1) is 15.8. The van der Waals surface area contributed by atoms with E-state index in [2.05, 4.69) is 6.92 Å². The maximum Gasteiger partial charge on any atom is 0.244 e. The summed E-state index contributed by atoms with van der Waals surface area (Å²) in [5, 5.41) is 0. The molecular weight excluding hydrogens is 300 g/mol. The van der Waals surface area contributed by atoms with Gasteiger partial charge in [0.15, 0.2) is 0 Å². The molecule has 0 bridgehead atoms. The Bertz CT molecular complexity index is 534. The van der Waals surface area contributed by atoms with Gasteiger partial charge in [0, 0.05) is 38.1 Å². The summed E-state index contributed by atoms with van der Waals surface area (Å²) in [5.74, 6) is 0.318. The molecule has 0 atom stereocenters. The van der Waals surface area contributed by atoms with Gasteiger partial charge in [-0.05, 0) is 18.9 Å². The first-order chi connectivity index (χ1) is 9.59.